The van der Waals surface area contributed by atoms with Gasteiger partial charge in [-0.15, -0.1) is 0 Å². The number of carbonyl (C=O) groups is 1. The van der Waals surface area contributed by atoms with Gasteiger partial charge in [-0.05, 0) is 48.6 Å². The molecule has 0 radical (unpaired) electrons. The van der Waals surface area contributed by atoms with Gasteiger partial charge in [0.1, 0.15) is 17.2 Å². The third-order valence-electron chi connectivity index (χ3n) is 4.38. The summed E-state index contributed by atoms with van der Waals surface area (Å²) >= 11 is 0. The second-order valence-electron chi connectivity index (χ2n) is 5.41. The van der Waals surface area contributed by atoms with Gasteiger partial charge in [0.2, 0.25) is 0 Å². The number of rotatable bonds is 3. The van der Waals surface area contributed by atoms with Gasteiger partial charge in [-0.2, -0.15) is 0 Å². The van der Waals surface area contributed by atoms with E-state index in [0.29, 0.717) is 12.0 Å². The van der Waals surface area contributed by atoms with Crippen molar-refractivity contribution in [2.24, 2.45) is 0 Å². The number of phenolic OH excluding ortho intramolecular Hbond substituents is 1. The maximum Gasteiger partial charge on any atom is 0.154 e. The Balaban J connectivity index is 2.34. The molecule has 1 aliphatic carbocycles. The Morgan fingerprint density at radius 3 is 2.45 bits per heavy atom. The highest BCUT2D eigenvalue weighted by molar-refractivity contribution is 5.89. The fourth-order valence-corrected chi connectivity index (χ4v) is 3.32. The van der Waals surface area contributed by atoms with Crippen molar-refractivity contribution >= 4 is 6.29 Å². The normalized spacial score (nSPS) is 12.3. The summed E-state index contributed by atoms with van der Waals surface area (Å²) in [7, 11) is 3.29. The Hall–Kier alpha value is -2.49. The van der Waals surface area contributed by atoms with Gasteiger partial charge in [-0.25, -0.2) is 0 Å². The zero-order valence-corrected chi connectivity index (χ0v) is 12.9. The lowest BCUT2D eigenvalue weighted by atomic mass is 9.82. The highest BCUT2D eigenvalue weighted by atomic mass is 16.5. The topological polar surface area (TPSA) is 55.8 Å². The number of carbonyl (C=O) groups excluding carboxylic acids is 1. The van der Waals surface area contributed by atoms with Crippen molar-refractivity contribution in [2.45, 2.75) is 19.8 Å². The molecule has 0 bridgehead atoms. The van der Waals surface area contributed by atoms with Crippen molar-refractivity contribution in [3.63, 3.8) is 0 Å². The largest absolute Gasteiger partial charge is 0.507 e. The molecule has 0 aliphatic heterocycles. The Kier molecular flexibility index (Phi) is 3.53. The van der Waals surface area contributed by atoms with Crippen LogP contribution < -0.4 is 9.47 Å². The second-order valence-corrected chi connectivity index (χ2v) is 5.41. The van der Waals surface area contributed by atoms with Crippen molar-refractivity contribution in [2.75, 3.05) is 14.2 Å². The number of hydrogen-bond acceptors (Lipinski definition) is 4. The molecule has 1 aliphatic rings. The van der Waals surface area contributed by atoms with Crippen LogP contribution in [0.4, 0.5) is 0 Å². The summed E-state index contributed by atoms with van der Waals surface area (Å²) < 4.78 is 11.0. The first-order chi connectivity index (χ1) is 10.6. The van der Waals surface area contributed by atoms with Crippen LogP contribution in [0.1, 0.15) is 27.0 Å². The van der Waals surface area contributed by atoms with Crippen molar-refractivity contribution in [3.05, 3.63) is 40.5 Å². The van der Waals surface area contributed by atoms with Gasteiger partial charge in [-0.3, -0.25) is 4.79 Å². The highest BCUT2D eigenvalue weighted by Crippen LogP contribution is 2.45. The van der Waals surface area contributed by atoms with E-state index >= 15 is 0 Å². The van der Waals surface area contributed by atoms with Crippen LogP contribution in [0, 0.1) is 6.92 Å². The number of benzene rings is 2. The second kappa shape index (κ2) is 5.37. The molecular formula is C18H18O4. The molecule has 0 saturated heterocycles. The summed E-state index contributed by atoms with van der Waals surface area (Å²) in [5, 5.41) is 9.88. The van der Waals surface area contributed by atoms with E-state index in [1.807, 2.05) is 19.1 Å². The maximum atomic E-state index is 11.3. The van der Waals surface area contributed by atoms with Crippen LogP contribution in [0.25, 0.3) is 11.1 Å². The first-order valence-corrected chi connectivity index (χ1v) is 7.17. The maximum absolute atomic E-state index is 11.3. The first kappa shape index (κ1) is 14.4. The Morgan fingerprint density at radius 1 is 1.09 bits per heavy atom. The van der Waals surface area contributed by atoms with Gasteiger partial charge in [0, 0.05) is 11.1 Å². The molecule has 2 aromatic carbocycles. The van der Waals surface area contributed by atoms with Crippen molar-refractivity contribution in [1.29, 1.82) is 0 Å². The van der Waals surface area contributed by atoms with Crippen LogP contribution in [0.3, 0.4) is 0 Å². The molecule has 4 heteroatoms. The van der Waals surface area contributed by atoms with Crippen LogP contribution in [0.2, 0.25) is 0 Å². The van der Waals surface area contributed by atoms with E-state index in [0.717, 1.165) is 52.0 Å². The van der Waals surface area contributed by atoms with E-state index in [9.17, 15) is 9.90 Å². The van der Waals surface area contributed by atoms with E-state index in [4.69, 9.17) is 9.47 Å². The van der Waals surface area contributed by atoms with Crippen LogP contribution in [0.5, 0.6) is 17.2 Å². The molecule has 3 rings (SSSR count). The smallest absolute Gasteiger partial charge is 0.154 e. The number of ether oxygens (including phenoxy) is 2. The van der Waals surface area contributed by atoms with Crippen molar-refractivity contribution in [1.82, 2.24) is 0 Å². The quantitative estimate of drug-likeness (QED) is 0.883. The zero-order valence-electron chi connectivity index (χ0n) is 12.9. The van der Waals surface area contributed by atoms with Crippen LogP contribution in [0.15, 0.2) is 18.2 Å². The van der Waals surface area contributed by atoms with E-state index in [1.54, 1.807) is 20.3 Å². The molecule has 0 heterocycles. The first-order valence-electron chi connectivity index (χ1n) is 7.17. The third-order valence-corrected chi connectivity index (χ3v) is 4.38. The minimum Gasteiger partial charge on any atom is -0.507 e. The standard InChI is InChI=1S/C18H18O4/c1-10-17(21-2)8-14-11-6-7-16(20)15(9-19)12(11)4-5-13(14)18(10)22-3/h6-9,20H,4-5H2,1-3H3. The molecular weight excluding hydrogens is 280 g/mol. The van der Waals surface area contributed by atoms with Gasteiger partial charge < -0.3 is 14.6 Å². The summed E-state index contributed by atoms with van der Waals surface area (Å²) in [6.45, 7) is 1.97. The average Bonchev–Trinajstić information content (AvgIpc) is 2.53. The van der Waals surface area contributed by atoms with Crippen molar-refractivity contribution < 1.29 is 19.4 Å². The molecule has 114 valence electrons. The van der Waals surface area contributed by atoms with Gasteiger partial charge in [0.25, 0.3) is 0 Å². The number of phenols is 1. The fourth-order valence-electron chi connectivity index (χ4n) is 3.32. The van der Waals surface area contributed by atoms with Gasteiger partial charge in [0.05, 0.1) is 19.8 Å². The van der Waals surface area contributed by atoms with Gasteiger partial charge in [-0.1, -0.05) is 6.07 Å². The summed E-state index contributed by atoms with van der Waals surface area (Å²) in [5.41, 5.74) is 5.32. The zero-order chi connectivity index (χ0) is 15.9. The molecule has 22 heavy (non-hydrogen) atoms. The number of aromatic hydroxyl groups is 1. The third kappa shape index (κ3) is 1.95. The summed E-state index contributed by atoms with van der Waals surface area (Å²) in [4.78, 5) is 11.3. The number of methoxy groups -OCH3 is 2. The predicted octanol–water partition coefficient (Wildman–Crippen LogP) is 3.30. The molecule has 4 nitrogen and oxygen atoms in total. The lowest BCUT2D eigenvalue weighted by molar-refractivity contribution is 0.112. The Morgan fingerprint density at radius 2 is 1.82 bits per heavy atom. The van der Waals surface area contributed by atoms with Crippen molar-refractivity contribution in [3.8, 4) is 28.4 Å². The number of hydrogen-bond donors (Lipinski definition) is 1. The molecule has 0 spiro atoms. The van der Waals surface area contributed by atoms with Crippen LogP contribution in [-0.2, 0) is 12.8 Å². The summed E-state index contributed by atoms with van der Waals surface area (Å²) in [6.07, 6.45) is 2.19. The molecule has 0 fully saturated rings. The molecule has 0 atom stereocenters. The van der Waals surface area contributed by atoms with E-state index < -0.39 is 0 Å². The van der Waals surface area contributed by atoms with Crippen LogP contribution in [-0.4, -0.2) is 25.6 Å². The summed E-state index contributed by atoms with van der Waals surface area (Å²) in [6, 6.07) is 5.40. The minimum absolute atomic E-state index is 0.0308. The Bertz CT molecular complexity index is 762. The molecule has 1 N–H and O–H groups in total. The van der Waals surface area contributed by atoms with Gasteiger partial charge >= 0.3 is 0 Å². The predicted molar refractivity (Wildman–Crippen MR) is 84.2 cm³/mol. The summed E-state index contributed by atoms with van der Waals surface area (Å²) in [5.74, 6) is 1.62. The lowest BCUT2D eigenvalue weighted by Crippen LogP contribution is -2.10. The lowest BCUT2D eigenvalue weighted by Gasteiger charge is -2.25. The average molecular weight is 298 g/mol. The molecule has 2 aromatic rings. The molecule has 0 aromatic heterocycles. The highest BCUT2D eigenvalue weighted by Gasteiger charge is 2.25. The number of aldehydes is 1. The molecule has 0 unspecified atom stereocenters. The monoisotopic (exact) mass is 298 g/mol. The van der Waals surface area contributed by atoms with Crippen LogP contribution >= 0.6 is 0 Å². The SMILES string of the molecule is COc1cc2c(c(OC)c1C)CCc1c-2ccc(O)c1C=O. The van der Waals surface area contributed by atoms with E-state index in [1.165, 1.54) is 0 Å². The number of fused-ring (bicyclic) bond motifs is 3. The molecule has 0 saturated carbocycles. The van der Waals surface area contributed by atoms with E-state index in [2.05, 4.69) is 0 Å². The molecule has 0 amide bonds. The Labute approximate surface area is 129 Å². The minimum atomic E-state index is 0.0308. The fraction of sp³-hybridized carbons (Fsp3) is 0.278. The van der Waals surface area contributed by atoms with E-state index in [-0.39, 0.29) is 5.75 Å². The van der Waals surface area contributed by atoms with Gasteiger partial charge in [0.15, 0.2) is 6.29 Å².